The molecule has 0 aliphatic carbocycles. The third-order valence-corrected chi connectivity index (χ3v) is 3.59. The minimum Gasteiger partial charge on any atom is -0.489 e. The fourth-order valence-electron chi connectivity index (χ4n) is 2.14. The van der Waals surface area contributed by atoms with Crippen molar-refractivity contribution in [2.24, 2.45) is 0 Å². The molecule has 1 amide bonds. The molecule has 1 aromatic carbocycles. The van der Waals surface area contributed by atoms with Crippen molar-refractivity contribution in [3.63, 3.8) is 0 Å². The fraction of sp³-hybridized carbons (Fsp3) is 0.188. The molecule has 9 heteroatoms. The highest BCUT2D eigenvalue weighted by atomic mass is 35.5. The molecule has 0 aliphatic rings. The molecule has 3 rings (SSSR count). The van der Waals surface area contributed by atoms with Gasteiger partial charge in [0.15, 0.2) is 5.65 Å². The Hall–Kier alpha value is -2.68. The van der Waals surface area contributed by atoms with E-state index in [-0.39, 0.29) is 6.61 Å². The molecule has 1 atom stereocenters. The number of halogens is 1. The van der Waals surface area contributed by atoms with Crippen LogP contribution in [0.5, 0.6) is 5.75 Å². The van der Waals surface area contributed by atoms with Crippen molar-refractivity contribution in [2.75, 3.05) is 18.5 Å². The summed E-state index contributed by atoms with van der Waals surface area (Å²) in [4.78, 5) is 16.7. The van der Waals surface area contributed by atoms with E-state index in [9.17, 15) is 9.90 Å². The van der Waals surface area contributed by atoms with Crippen LogP contribution in [0.3, 0.4) is 0 Å². The number of anilines is 1. The van der Waals surface area contributed by atoms with E-state index in [1.165, 1.54) is 16.8 Å². The summed E-state index contributed by atoms with van der Waals surface area (Å²) in [6, 6.07) is 6.39. The number of aromatic nitrogens is 3. The summed E-state index contributed by atoms with van der Waals surface area (Å²) >= 11 is 5.99. The molecular weight excluding hydrogens is 348 g/mol. The molecule has 2 aromatic heterocycles. The van der Waals surface area contributed by atoms with Crippen molar-refractivity contribution in [1.29, 1.82) is 0 Å². The van der Waals surface area contributed by atoms with Crippen molar-refractivity contribution < 1.29 is 19.7 Å². The lowest BCUT2D eigenvalue weighted by atomic mass is 10.2. The zero-order chi connectivity index (χ0) is 17.8. The Morgan fingerprint density at radius 1 is 1.44 bits per heavy atom. The van der Waals surface area contributed by atoms with Gasteiger partial charge >= 0.3 is 0 Å². The van der Waals surface area contributed by atoms with Gasteiger partial charge in [0.2, 0.25) is 0 Å². The van der Waals surface area contributed by atoms with Crippen LogP contribution >= 0.6 is 11.6 Å². The van der Waals surface area contributed by atoms with Crippen LogP contribution in [0.4, 0.5) is 5.69 Å². The Balaban J connectivity index is 1.84. The largest absolute Gasteiger partial charge is 0.489 e. The Morgan fingerprint density at radius 3 is 3.08 bits per heavy atom. The van der Waals surface area contributed by atoms with Crippen LogP contribution in [0.2, 0.25) is 5.02 Å². The first-order chi connectivity index (χ1) is 12.1. The van der Waals surface area contributed by atoms with Crippen LogP contribution in [0.25, 0.3) is 5.65 Å². The second-order valence-electron chi connectivity index (χ2n) is 5.19. The number of amides is 1. The average molecular weight is 363 g/mol. The second kappa shape index (κ2) is 7.47. The highest BCUT2D eigenvalue weighted by Gasteiger charge is 2.16. The molecule has 130 valence electrons. The van der Waals surface area contributed by atoms with E-state index in [1.807, 2.05) is 0 Å². The lowest BCUT2D eigenvalue weighted by Gasteiger charge is -2.14. The topological polar surface area (TPSA) is 109 Å². The van der Waals surface area contributed by atoms with Crippen LogP contribution in [-0.4, -0.2) is 50.0 Å². The maximum Gasteiger partial charge on any atom is 0.261 e. The number of aliphatic hydroxyl groups excluding tert-OH is 2. The second-order valence-corrected chi connectivity index (χ2v) is 5.62. The minimum absolute atomic E-state index is 0.126. The molecule has 0 saturated heterocycles. The molecule has 0 spiro atoms. The Bertz CT molecular complexity index is 899. The summed E-state index contributed by atoms with van der Waals surface area (Å²) in [6.07, 6.45) is 3.64. The SMILES string of the molecule is O=C(Nc1cc(Cl)ccc1OCC(O)CO)c1cnn2cccnc12. The highest BCUT2D eigenvalue weighted by molar-refractivity contribution is 6.31. The number of hydrogen-bond donors (Lipinski definition) is 3. The van der Waals surface area contributed by atoms with Gasteiger partial charge in [0.05, 0.1) is 18.5 Å². The van der Waals surface area contributed by atoms with Gasteiger partial charge in [-0.25, -0.2) is 9.50 Å². The number of benzene rings is 1. The van der Waals surface area contributed by atoms with E-state index in [0.717, 1.165) is 0 Å². The van der Waals surface area contributed by atoms with Gasteiger partial charge in [-0.3, -0.25) is 4.79 Å². The van der Waals surface area contributed by atoms with E-state index in [0.29, 0.717) is 27.7 Å². The zero-order valence-corrected chi connectivity index (χ0v) is 13.7. The number of hydrogen-bond acceptors (Lipinski definition) is 6. The predicted octanol–water partition coefficient (Wildman–Crippen LogP) is 1.37. The van der Waals surface area contributed by atoms with Gasteiger partial charge in [0, 0.05) is 17.4 Å². The smallest absolute Gasteiger partial charge is 0.261 e. The first-order valence-corrected chi connectivity index (χ1v) is 7.77. The Kier molecular flexibility index (Phi) is 5.13. The van der Waals surface area contributed by atoms with E-state index in [1.54, 1.807) is 30.6 Å². The van der Waals surface area contributed by atoms with Crippen molar-refractivity contribution in [1.82, 2.24) is 14.6 Å². The summed E-state index contributed by atoms with van der Waals surface area (Å²) in [6.45, 7) is -0.553. The van der Waals surface area contributed by atoms with Crippen molar-refractivity contribution in [2.45, 2.75) is 6.10 Å². The molecule has 0 aliphatic heterocycles. The van der Waals surface area contributed by atoms with Crippen LogP contribution < -0.4 is 10.1 Å². The molecule has 8 nitrogen and oxygen atoms in total. The summed E-state index contributed by atoms with van der Waals surface area (Å²) in [7, 11) is 0. The van der Waals surface area contributed by atoms with E-state index in [4.69, 9.17) is 21.4 Å². The molecule has 0 fully saturated rings. The Labute approximate surface area is 147 Å². The van der Waals surface area contributed by atoms with Crippen molar-refractivity contribution in [3.8, 4) is 5.75 Å². The summed E-state index contributed by atoms with van der Waals surface area (Å²) in [5.74, 6) is -0.113. The molecule has 0 bridgehead atoms. The number of nitrogens with one attached hydrogen (secondary N) is 1. The standard InChI is InChI=1S/C16H15ClN4O4/c17-10-2-3-14(25-9-11(23)8-22)13(6-10)20-16(24)12-7-19-21-5-1-4-18-15(12)21/h1-7,11,22-23H,8-9H2,(H,20,24). The molecule has 2 heterocycles. The minimum atomic E-state index is -1.02. The first-order valence-electron chi connectivity index (χ1n) is 7.39. The Morgan fingerprint density at radius 2 is 2.28 bits per heavy atom. The van der Waals surface area contributed by atoms with Crippen LogP contribution in [0.1, 0.15) is 10.4 Å². The highest BCUT2D eigenvalue weighted by Crippen LogP contribution is 2.29. The number of rotatable bonds is 6. The predicted molar refractivity (Wildman–Crippen MR) is 91.0 cm³/mol. The number of fused-ring (bicyclic) bond motifs is 1. The van der Waals surface area contributed by atoms with Crippen LogP contribution in [0, 0.1) is 0 Å². The number of ether oxygens (including phenoxy) is 1. The summed E-state index contributed by atoms with van der Waals surface area (Å²) < 4.78 is 6.92. The normalized spacial score (nSPS) is 12.1. The molecule has 0 saturated carbocycles. The fourth-order valence-corrected chi connectivity index (χ4v) is 2.31. The maximum absolute atomic E-state index is 12.6. The molecule has 3 N–H and O–H groups in total. The molecular formula is C16H15ClN4O4. The molecule has 3 aromatic rings. The van der Waals surface area contributed by atoms with E-state index < -0.39 is 18.6 Å². The summed E-state index contributed by atoms with van der Waals surface area (Å²) in [5, 5.41) is 25.4. The third-order valence-electron chi connectivity index (χ3n) is 3.36. The van der Waals surface area contributed by atoms with Crippen LogP contribution in [-0.2, 0) is 0 Å². The monoisotopic (exact) mass is 362 g/mol. The summed E-state index contributed by atoms with van der Waals surface area (Å²) in [5.41, 5.74) is 1.04. The van der Waals surface area contributed by atoms with Gasteiger partial charge in [-0.1, -0.05) is 11.6 Å². The molecule has 25 heavy (non-hydrogen) atoms. The zero-order valence-electron chi connectivity index (χ0n) is 13.0. The van der Waals surface area contributed by atoms with Crippen molar-refractivity contribution >= 4 is 28.8 Å². The number of carbonyl (C=O) groups is 1. The lowest BCUT2D eigenvalue weighted by molar-refractivity contribution is 0.0538. The van der Waals surface area contributed by atoms with Gasteiger partial charge in [0.1, 0.15) is 24.0 Å². The molecule has 1 unspecified atom stereocenters. The van der Waals surface area contributed by atoms with Gasteiger partial charge < -0.3 is 20.3 Å². The van der Waals surface area contributed by atoms with Crippen LogP contribution in [0.15, 0.2) is 42.9 Å². The van der Waals surface area contributed by atoms with E-state index >= 15 is 0 Å². The van der Waals surface area contributed by atoms with Gasteiger partial charge in [-0.2, -0.15) is 5.10 Å². The third kappa shape index (κ3) is 3.87. The van der Waals surface area contributed by atoms with Gasteiger partial charge in [-0.15, -0.1) is 0 Å². The van der Waals surface area contributed by atoms with Crippen molar-refractivity contribution in [3.05, 3.63) is 53.4 Å². The maximum atomic E-state index is 12.6. The first kappa shape index (κ1) is 17.2. The number of aliphatic hydroxyl groups is 2. The number of nitrogens with zero attached hydrogens (tertiary/aromatic N) is 3. The van der Waals surface area contributed by atoms with E-state index in [2.05, 4.69) is 15.4 Å². The average Bonchev–Trinajstić information content (AvgIpc) is 3.05. The lowest BCUT2D eigenvalue weighted by Crippen LogP contribution is -2.22. The van der Waals surface area contributed by atoms with Gasteiger partial charge in [-0.05, 0) is 24.3 Å². The number of carbonyl (C=O) groups excluding carboxylic acids is 1. The molecule has 0 radical (unpaired) electrons. The quantitative estimate of drug-likeness (QED) is 0.611. The van der Waals surface area contributed by atoms with Gasteiger partial charge in [0.25, 0.3) is 5.91 Å².